The number of nitrogens with zero attached hydrogens (tertiary/aromatic N) is 2. The Morgan fingerprint density at radius 1 is 1.17 bits per heavy atom. The lowest BCUT2D eigenvalue weighted by molar-refractivity contribution is 0.103. The predicted molar refractivity (Wildman–Crippen MR) is 104 cm³/mol. The van der Waals surface area contributed by atoms with Crippen molar-refractivity contribution in [3.63, 3.8) is 0 Å². The molecule has 0 radical (unpaired) electrons. The smallest absolute Gasteiger partial charge is 0.211 e. The van der Waals surface area contributed by atoms with E-state index in [1.165, 1.54) is 0 Å². The maximum atomic E-state index is 13.1. The molecule has 4 nitrogen and oxygen atoms in total. The number of rotatable bonds is 3. The Bertz CT molecular complexity index is 957. The summed E-state index contributed by atoms with van der Waals surface area (Å²) in [4.78, 5) is 17.7. The number of phenols is 1. The summed E-state index contributed by atoms with van der Waals surface area (Å²) in [6.45, 7) is 3.96. The van der Waals surface area contributed by atoms with E-state index >= 15 is 0 Å². The van der Waals surface area contributed by atoms with E-state index in [0.717, 1.165) is 21.4 Å². The molecule has 0 aliphatic heterocycles. The molecule has 0 amide bonds. The fourth-order valence-corrected chi connectivity index (χ4v) is 4.03. The molecule has 0 fully saturated rings. The van der Waals surface area contributed by atoms with E-state index in [2.05, 4.69) is 52.8 Å². The van der Waals surface area contributed by atoms with Gasteiger partial charge in [0.05, 0.1) is 14.6 Å². The first-order valence-electron chi connectivity index (χ1n) is 7.23. The molecule has 124 valence electrons. The van der Waals surface area contributed by atoms with Gasteiger partial charge in [-0.2, -0.15) is 0 Å². The van der Waals surface area contributed by atoms with Crippen molar-refractivity contribution < 1.29 is 9.90 Å². The lowest BCUT2D eigenvalue weighted by Gasteiger charge is -2.08. The van der Waals surface area contributed by atoms with Gasteiger partial charge in [0.25, 0.3) is 0 Å². The van der Waals surface area contributed by atoms with Crippen LogP contribution in [0.2, 0.25) is 0 Å². The zero-order chi connectivity index (χ0) is 17.6. The first-order chi connectivity index (χ1) is 11.3. The number of imidazole rings is 1. The molecular weight excluding hydrogens is 504 g/mol. The summed E-state index contributed by atoms with van der Waals surface area (Å²) >= 11 is 10.1. The number of benzene rings is 1. The van der Waals surface area contributed by atoms with Crippen LogP contribution in [-0.4, -0.2) is 20.3 Å². The van der Waals surface area contributed by atoms with Crippen molar-refractivity contribution in [3.05, 3.63) is 60.3 Å². The van der Waals surface area contributed by atoms with Crippen molar-refractivity contribution in [3.8, 4) is 5.75 Å². The molecule has 0 aliphatic carbocycles. The molecule has 0 unspecified atom stereocenters. The summed E-state index contributed by atoms with van der Waals surface area (Å²) in [7, 11) is 0. The summed E-state index contributed by atoms with van der Waals surface area (Å²) < 4.78 is 3.65. The van der Waals surface area contributed by atoms with E-state index in [4.69, 9.17) is 0 Å². The Labute approximate surface area is 164 Å². The van der Waals surface area contributed by atoms with Crippen molar-refractivity contribution in [2.24, 2.45) is 0 Å². The standard InChI is InChI=1S/C17H13Br3N2O2/c1-3-13-15(22-7-12(20)8(2)4-14(22)21-13)16(23)9-5-10(18)17(24)11(19)6-9/h4-7,24H,3H2,1-2H3. The summed E-state index contributed by atoms with van der Waals surface area (Å²) in [5.41, 5.74) is 3.56. The number of phenolic OH excluding ortho intramolecular Hbond substituents is 1. The van der Waals surface area contributed by atoms with Crippen LogP contribution in [0.1, 0.15) is 34.2 Å². The minimum absolute atomic E-state index is 0.0683. The van der Waals surface area contributed by atoms with Gasteiger partial charge in [0.15, 0.2) is 0 Å². The number of aromatic hydroxyl groups is 1. The zero-order valence-electron chi connectivity index (χ0n) is 12.9. The van der Waals surface area contributed by atoms with Crippen LogP contribution >= 0.6 is 47.8 Å². The van der Waals surface area contributed by atoms with E-state index in [1.54, 1.807) is 12.1 Å². The van der Waals surface area contributed by atoms with Gasteiger partial charge in [-0.15, -0.1) is 0 Å². The Kier molecular flexibility index (Phi) is 4.86. The summed E-state index contributed by atoms with van der Waals surface area (Å²) in [6, 6.07) is 5.18. The van der Waals surface area contributed by atoms with Gasteiger partial charge in [-0.3, -0.25) is 9.20 Å². The van der Waals surface area contributed by atoms with Gasteiger partial charge < -0.3 is 5.11 Å². The lowest BCUT2D eigenvalue weighted by Crippen LogP contribution is -2.08. The van der Waals surface area contributed by atoms with E-state index in [0.29, 0.717) is 26.6 Å². The monoisotopic (exact) mass is 514 g/mol. The third-order valence-corrected chi connectivity index (χ3v) is 5.84. The van der Waals surface area contributed by atoms with Crippen LogP contribution in [0.25, 0.3) is 5.65 Å². The molecule has 0 atom stereocenters. The van der Waals surface area contributed by atoms with Crippen LogP contribution in [0.15, 0.2) is 37.8 Å². The van der Waals surface area contributed by atoms with Crippen molar-refractivity contribution >= 4 is 59.2 Å². The Morgan fingerprint density at radius 2 is 1.79 bits per heavy atom. The van der Waals surface area contributed by atoms with E-state index < -0.39 is 0 Å². The largest absolute Gasteiger partial charge is 0.506 e. The zero-order valence-corrected chi connectivity index (χ0v) is 17.7. The molecule has 24 heavy (non-hydrogen) atoms. The van der Waals surface area contributed by atoms with Crippen LogP contribution in [0.5, 0.6) is 5.75 Å². The van der Waals surface area contributed by atoms with Crippen LogP contribution in [0.3, 0.4) is 0 Å². The molecule has 0 spiro atoms. The molecule has 7 heteroatoms. The molecule has 0 saturated carbocycles. The van der Waals surface area contributed by atoms with Gasteiger partial charge in [-0.1, -0.05) is 6.92 Å². The van der Waals surface area contributed by atoms with Crippen LogP contribution < -0.4 is 0 Å². The van der Waals surface area contributed by atoms with Gasteiger partial charge in [0.1, 0.15) is 17.1 Å². The SMILES string of the molecule is CCc1nc2cc(C)c(Br)cn2c1C(=O)c1cc(Br)c(O)c(Br)c1. The Balaban J connectivity index is 2.25. The highest BCUT2D eigenvalue weighted by Gasteiger charge is 2.22. The third-order valence-electron chi connectivity index (χ3n) is 3.80. The number of pyridine rings is 1. The second-order valence-corrected chi connectivity index (χ2v) is 7.97. The van der Waals surface area contributed by atoms with Crippen molar-refractivity contribution in [1.82, 2.24) is 9.38 Å². The predicted octanol–water partition coefficient (Wildman–Crippen LogP) is 5.43. The van der Waals surface area contributed by atoms with Crippen molar-refractivity contribution in [2.45, 2.75) is 20.3 Å². The molecule has 2 aromatic heterocycles. The molecule has 2 heterocycles. The first kappa shape index (κ1) is 17.6. The number of carbonyl (C=O) groups excluding carboxylic acids is 1. The van der Waals surface area contributed by atoms with Crippen molar-refractivity contribution in [2.75, 3.05) is 0 Å². The van der Waals surface area contributed by atoms with E-state index in [-0.39, 0.29) is 11.5 Å². The molecule has 3 aromatic rings. The maximum Gasteiger partial charge on any atom is 0.211 e. The number of aromatic nitrogens is 2. The van der Waals surface area contributed by atoms with E-state index in [9.17, 15) is 9.90 Å². The van der Waals surface area contributed by atoms with Crippen molar-refractivity contribution in [1.29, 1.82) is 0 Å². The van der Waals surface area contributed by atoms with Crippen LogP contribution in [-0.2, 0) is 6.42 Å². The number of hydrogen-bond donors (Lipinski definition) is 1. The van der Waals surface area contributed by atoms with Gasteiger partial charge in [-0.05, 0) is 84.9 Å². The second-order valence-electron chi connectivity index (χ2n) is 5.41. The third kappa shape index (κ3) is 2.93. The van der Waals surface area contributed by atoms with Crippen LogP contribution in [0, 0.1) is 6.92 Å². The number of aryl methyl sites for hydroxylation is 2. The Hall–Kier alpha value is -1.18. The first-order valence-corrected chi connectivity index (χ1v) is 9.61. The molecule has 3 rings (SSSR count). The van der Waals surface area contributed by atoms with Gasteiger partial charge in [0.2, 0.25) is 5.78 Å². The highest BCUT2D eigenvalue weighted by atomic mass is 79.9. The summed E-state index contributed by atoms with van der Waals surface area (Å²) in [5.74, 6) is -0.0738. The molecule has 1 N–H and O–H groups in total. The average molecular weight is 517 g/mol. The number of ketones is 1. The minimum atomic E-state index is -0.142. The number of halogens is 3. The summed E-state index contributed by atoms with van der Waals surface area (Å²) in [5, 5.41) is 9.85. The number of carbonyl (C=O) groups is 1. The highest BCUT2D eigenvalue weighted by molar-refractivity contribution is 9.11. The fraction of sp³-hybridized carbons (Fsp3) is 0.176. The average Bonchev–Trinajstić information content (AvgIpc) is 2.89. The topological polar surface area (TPSA) is 54.6 Å². The normalized spacial score (nSPS) is 11.2. The summed E-state index contributed by atoms with van der Waals surface area (Å²) in [6.07, 6.45) is 2.52. The molecule has 0 saturated heterocycles. The second kappa shape index (κ2) is 6.61. The maximum absolute atomic E-state index is 13.1. The van der Waals surface area contributed by atoms with Crippen LogP contribution in [0.4, 0.5) is 0 Å². The highest BCUT2D eigenvalue weighted by Crippen LogP contribution is 2.34. The minimum Gasteiger partial charge on any atom is -0.506 e. The number of fused-ring (bicyclic) bond motifs is 1. The quantitative estimate of drug-likeness (QED) is 0.472. The number of hydrogen-bond acceptors (Lipinski definition) is 3. The molecule has 0 aliphatic rings. The van der Waals surface area contributed by atoms with Gasteiger partial charge in [-0.25, -0.2) is 4.98 Å². The molecule has 0 bridgehead atoms. The lowest BCUT2D eigenvalue weighted by atomic mass is 10.1. The Morgan fingerprint density at radius 3 is 2.38 bits per heavy atom. The van der Waals surface area contributed by atoms with E-state index in [1.807, 2.05) is 30.5 Å². The molecular formula is C17H13Br3N2O2. The molecule has 1 aromatic carbocycles. The fourth-order valence-electron chi connectivity index (χ4n) is 2.53. The van der Waals surface area contributed by atoms with Gasteiger partial charge in [0, 0.05) is 16.2 Å². The van der Waals surface area contributed by atoms with Gasteiger partial charge >= 0.3 is 0 Å².